The van der Waals surface area contributed by atoms with Gasteiger partial charge in [0.15, 0.2) is 0 Å². The fraction of sp³-hybridized carbons (Fsp3) is 0. The summed E-state index contributed by atoms with van der Waals surface area (Å²) < 4.78 is 6.54. The van der Waals surface area contributed by atoms with Gasteiger partial charge in [0, 0.05) is 10.8 Å². The summed E-state index contributed by atoms with van der Waals surface area (Å²) in [6, 6.07) is 61.6. The minimum atomic E-state index is 0.909. The van der Waals surface area contributed by atoms with E-state index in [2.05, 4.69) is 170 Å². The van der Waals surface area contributed by atoms with Crippen molar-refractivity contribution in [3.63, 3.8) is 0 Å². The van der Waals surface area contributed by atoms with Crippen LogP contribution in [0.5, 0.6) is 0 Å². The maximum absolute atomic E-state index is 6.54. The largest absolute Gasteiger partial charge is 0.456 e. The summed E-state index contributed by atoms with van der Waals surface area (Å²) in [6.45, 7) is 0. The van der Waals surface area contributed by atoms with Gasteiger partial charge >= 0.3 is 0 Å². The fourth-order valence-corrected chi connectivity index (χ4v) is 7.74. The molecule has 0 radical (unpaired) electrons. The van der Waals surface area contributed by atoms with E-state index in [1.54, 1.807) is 0 Å². The fourth-order valence-electron chi connectivity index (χ4n) is 7.74. The highest BCUT2D eigenvalue weighted by molar-refractivity contribution is 6.27. The number of furan rings is 1. The second kappa shape index (κ2) is 10.2. The van der Waals surface area contributed by atoms with Crippen LogP contribution in [0.3, 0.4) is 0 Å². The molecule has 0 aliphatic carbocycles. The summed E-state index contributed by atoms with van der Waals surface area (Å²) in [4.78, 5) is 0. The Kier molecular flexibility index (Phi) is 5.64. The quantitative estimate of drug-likeness (QED) is 0.185. The third-order valence-corrected chi connectivity index (χ3v) is 9.80. The van der Waals surface area contributed by atoms with Crippen LogP contribution in [0.1, 0.15) is 0 Å². The molecule has 10 aromatic rings. The maximum atomic E-state index is 6.54. The van der Waals surface area contributed by atoms with E-state index in [0.717, 1.165) is 21.9 Å². The van der Waals surface area contributed by atoms with E-state index in [4.69, 9.17) is 4.42 Å². The van der Waals surface area contributed by atoms with Crippen LogP contribution in [-0.4, -0.2) is 0 Å². The van der Waals surface area contributed by atoms with Crippen molar-refractivity contribution in [3.05, 3.63) is 170 Å². The number of hydrogen-bond acceptors (Lipinski definition) is 1. The van der Waals surface area contributed by atoms with Crippen molar-refractivity contribution in [1.82, 2.24) is 0 Å². The summed E-state index contributed by atoms with van der Waals surface area (Å²) in [6.07, 6.45) is 0. The van der Waals surface area contributed by atoms with Crippen molar-refractivity contribution >= 4 is 65.0 Å². The van der Waals surface area contributed by atoms with Crippen LogP contribution in [0, 0.1) is 0 Å². The van der Waals surface area contributed by atoms with Gasteiger partial charge in [-0.2, -0.15) is 0 Å². The predicted molar refractivity (Wildman–Crippen MR) is 200 cm³/mol. The molecule has 0 aliphatic heterocycles. The average Bonchev–Trinajstić information content (AvgIpc) is 3.50. The van der Waals surface area contributed by atoms with Gasteiger partial charge in [0.1, 0.15) is 11.2 Å². The summed E-state index contributed by atoms with van der Waals surface area (Å²) >= 11 is 0. The predicted octanol–water partition coefficient (Wildman–Crippen LogP) is 13.2. The van der Waals surface area contributed by atoms with Crippen LogP contribution in [0.25, 0.3) is 98.4 Å². The number of hydrogen-bond donors (Lipinski definition) is 0. The number of benzene rings is 9. The third kappa shape index (κ3) is 3.97. The van der Waals surface area contributed by atoms with E-state index in [1.165, 1.54) is 76.5 Å². The van der Waals surface area contributed by atoms with E-state index < -0.39 is 0 Å². The molecule has 0 spiro atoms. The van der Waals surface area contributed by atoms with Crippen LogP contribution in [0.15, 0.2) is 174 Å². The molecule has 0 amide bonds. The molecule has 47 heavy (non-hydrogen) atoms. The Hall–Kier alpha value is -6.18. The molecule has 1 heteroatoms. The Balaban J connectivity index is 1.35. The minimum absolute atomic E-state index is 0.909. The second-order valence-corrected chi connectivity index (χ2v) is 12.4. The zero-order valence-electron chi connectivity index (χ0n) is 25.6. The van der Waals surface area contributed by atoms with Gasteiger partial charge in [-0.15, -0.1) is 0 Å². The minimum Gasteiger partial charge on any atom is -0.456 e. The first-order valence-corrected chi connectivity index (χ1v) is 16.2. The molecule has 0 saturated heterocycles. The van der Waals surface area contributed by atoms with E-state index >= 15 is 0 Å². The molecular formula is C46H28O. The first kappa shape index (κ1) is 26.1. The van der Waals surface area contributed by atoms with Crippen molar-refractivity contribution in [3.8, 4) is 33.4 Å². The first-order valence-electron chi connectivity index (χ1n) is 16.2. The standard InChI is InChI=1S/C46H28O/c1-2-13-29(14-3-1)33-25-32-17-6-7-18-34(32)40(27-33)45-37-21-10-8-19-35(37)44(36-20-9-11-22-38(36)45)39-23-12-24-42-46(39)41-26-30-15-4-5-16-31(30)28-43(41)47-42/h1-28H. The van der Waals surface area contributed by atoms with Gasteiger partial charge in [0.2, 0.25) is 0 Å². The Morgan fingerprint density at radius 3 is 1.53 bits per heavy atom. The lowest BCUT2D eigenvalue weighted by Gasteiger charge is -2.20. The maximum Gasteiger partial charge on any atom is 0.136 e. The second-order valence-electron chi connectivity index (χ2n) is 12.4. The topological polar surface area (TPSA) is 13.1 Å². The highest BCUT2D eigenvalue weighted by Crippen LogP contribution is 2.48. The average molecular weight is 597 g/mol. The van der Waals surface area contributed by atoms with Crippen LogP contribution < -0.4 is 0 Å². The van der Waals surface area contributed by atoms with Gasteiger partial charge in [0.25, 0.3) is 0 Å². The van der Waals surface area contributed by atoms with Crippen LogP contribution >= 0.6 is 0 Å². The Labute approximate surface area is 271 Å². The summed E-state index contributed by atoms with van der Waals surface area (Å²) in [7, 11) is 0. The number of rotatable bonds is 3. The van der Waals surface area contributed by atoms with Gasteiger partial charge in [-0.25, -0.2) is 0 Å². The molecule has 0 atom stereocenters. The van der Waals surface area contributed by atoms with Gasteiger partial charge in [0.05, 0.1) is 0 Å². The zero-order valence-corrected chi connectivity index (χ0v) is 25.6. The normalized spacial score (nSPS) is 11.8. The zero-order chi connectivity index (χ0) is 30.9. The molecule has 0 aliphatic rings. The third-order valence-electron chi connectivity index (χ3n) is 9.80. The summed E-state index contributed by atoms with van der Waals surface area (Å²) in [5.74, 6) is 0. The molecular weight excluding hydrogens is 569 g/mol. The molecule has 0 N–H and O–H groups in total. The van der Waals surface area contributed by atoms with E-state index in [9.17, 15) is 0 Å². The molecule has 218 valence electrons. The Bertz CT molecular complexity index is 2780. The van der Waals surface area contributed by atoms with Crippen molar-refractivity contribution in [2.75, 3.05) is 0 Å². The van der Waals surface area contributed by atoms with Gasteiger partial charge < -0.3 is 4.42 Å². The van der Waals surface area contributed by atoms with Crippen molar-refractivity contribution in [2.24, 2.45) is 0 Å². The molecule has 1 aromatic heterocycles. The van der Waals surface area contributed by atoms with E-state index in [-0.39, 0.29) is 0 Å². The monoisotopic (exact) mass is 596 g/mol. The molecule has 0 fully saturated rings. The molecule has 10 rings (SSSR count). The van der Waals surface area contributed by atoms with E-state index in [0.29, 0.717) is 0 Å². The Morgan fingerprint density at radius 1 is 0.298 bits per heavy atom. The summed E-state index contributed by atoms with van der Waals surface area (Å²) in [5.41, 5.74) is 9.22. The van der Waals surface area contributed by atoms with Gasteiger partial charge in [-0.3, -0.25) is 0 Å². The molecule has 1 heterocycles. The first-order chi connectivity index (χ1) is 23.3. The van der Waals surface area contributed by atoms with Gasteiger partial charge in [-0.1, -0.05) is 140 Å². The van der Waals surface area contributed by atoms with E-state index in [1.807, 2.05) is 0 Å². The lowest BCUT2D eigenvalue weighted by atomic mass is 9.83. The highest BCUT2D eigenvalue weighted by Gasteiger charge is 2.21. The van der Waals surface area contributed by atoms with Gasteiger partial charge in [-0.05, 0) is 107 Å². The van der Waals surface area contributed by atoms with Crippen molar-refractivity contribution < 1.29 is 4.42 Å². The van der Waals surface area contributed by atoms with Crippen LogP contribution in [0.4, 0.5) is 0 Å². The SMILES string of the molecule is c1ccc(-c2cc(-c3c4ccccc4c(-c4cccc5oc6cc7ccccc7cc6c45)c4ccccc34)c3ccccc3c2)cc1. The van der Waals surface area contributed by atoms with Crippen molar-refractivity contribution in [1.29, 1.82) is 0 Å². The molecule has 9 aromatic carbocycles. The van der Waals surface area contributed by atoms with Crippen LogP contribution in [0.2, 0.25) is 0 Å². The molecule has 0 bridgehead atoms. The molecule has 0 saturated carbocycles. The highest BCUT2D eigenvalue weighted by atomic mass is 16.3. The lowest BCUT2D eigenvalue weighted by Crippen LogP contribution is -1.93. The van der Waals surface area contributed by atoms with Crippen LogP contribution in [-0.2, 0) is 0 Å². The number of fused-ring (bicyclic) bond motifs is 7. The van der Waals surface area contributed by atoms with Crippen molar-refractivity contribution in [2.45, 2.75) is 0 Å². The molecule has 1 nitrogen and oxygen atoms in total. The Morgan fingerprint density at radius 2 is 0.851 bits per heavy atom. The summed E-state index contributed by atoms with van der Waals surface area (Å²) in [5, 5.41) is 12.2. The lowest BCUT2D eigenvalue weighted by molar-refractivity contribution is 0.669. The smallest absolute Gasteiger partial charge is 0.136 e. The molecule has 0 unspecified atom stereocenters.